The highest BCUT2D eigenvalue weighted by molar-refractivity contribution is 6.00. The molecule has 4 aliphatic rings. The molecule has 2 saturated heterocycles. The van der Waals surface area contributed by atoms with Crippen molar-refractivity contribution in [3.05, 3.63) is 24.3 Å². The predicted molar refractivity (Wildman–Crippen MR) is 118 cm³/mol. The molecule has 0 aromatic heterocycles. The number of likely N-dealkylation sites (N-methyl/N-ethyl adjacent to an activating group) is 1. The maximum absolute atomic E-state index is 13.9. The lowest BCUT2D eigenvalue weighted by Gasteiger charge is -2.39. The van der Waals surface area contributed by atoms with Crippen LogP contribution >= 0.6 is 0 Å². The molecular formula is C24H35N3O5. The van der Waals surface area contributed by atoms with Crippen LogP contribution in [0.4, 0.5) is 0 Å². The molecule has 8 nitrogen and oxygen atoms in total. The number of hydrogen-bond donors (Lipinski definition) is 1. The normalized spacial score (nSPS) is 37.3. The molecule has 4 heterocycles. The molecule has 8 heteroatoms. The number of nitrogens with zero attached hydrogens (tertiary/aromatic N) is 3. The van der Waals surface area contributed by atoms with E-state index in [0.29, 0.717) is 19.6 Å². The molecule has 0 bridgehead atoms. The summed E-state index contributed by atoms with van der Waals surface area (Å²) < 4.78 is 6.67. The van der Waals surface area contributed by atoms with E-state index >= 15 is 0 Å². The van der Waals surface area contributed by atoms with Gasteiger partial charge in [-0.3, -0.25) is 14.4 Å². The molecular weight excluding hydrogens is 410 g/mol. The Bertz CT molecular complexity index is 857. The molecule has 4 aliphatic heterocycles. The van der Waals surface area contributed by atoms with Crippen LogP contribution < -0.4 is 0 Å². The summed E-state index contributed by atoms with van der Waals surface area (Å²) in [4.78, 5) is 46.0. The molecule has 6 atom stereocenters. The second kappa shape index (κ2) is 8.30. The second-order valence-corrected chi connectivity index (χ2v) is 9.79. The quantitative estimate of drug-likeness (QED) is 0.486. The van der Waals surface area contributed by atoms with Gasteiger partial charge in [-0.15, -0.1) is 0 Å². The van der Waals surface area contributed by atoms with E-state index in [1.165, 1.54) is 4.90 Å². The van der Waals surface area contributed by atoms with Gasteiger partial charge in [0.2, 0.25) is 17.7 Å². The Hall–Kier alpha value is -2.19. The summed E-state index contributed by atoms with van der Waals surface area (Å²) in [5, 5.41) is 9.92. The molecule has 0 aromatic rings. The fraction of sp³-hybridized carbons (Fsp3) is 0.708. The van der Waals surface area contributed by atoms with Crippen molar-refractivity contribution >= 4 is 17.7 Å². The van der Waals surface area contributed by atoms with Gasteiger partial charge < -0.3 is 24.5 Å². The van der Waals surface area contributed by atoms with Crippen molar-refractivity contribution in [1.82, 2.24) is 14.7 Å². The van der Waals surface area contributed by atoms with Gasteiger partial charge in [-0.1, -0.05) is 44.1 Å². The first kappa shape index (κ1) is 23.0. The average molecular weight is 446 g/mol. The smallest absolute Gasteiger partial charge is 0.249 e. The van der Waals surface area contributed by atoms with Gasteiger partial charge in [-0.2, -0.15) is 0 Å². The highest BCUT2D eigenvalue weighted by Gasteiger charge is 2.75. The van der Waals surface area contributed by atoms with Gasteiger partial charge in [0.1, 0.15) is 11.6 Å². The van der Waals surface area contributed by atoms with Crippen LogP contribution in [0.1, 0.15) is 40.0 Å². The largest absolute Gasteiger partial charge is 0.394 e. The first-order valence-corrected chi connectivity index (χ1v) is 11.7. The predicted octanol–water partition coefficient (Wildman–Crippen LogP) is 0.955. The number of ether oxygens (including phenoxy) is 1. The Morgan fingerprint density at radius 3 is 2.50 bits per heavy atom. The summed E-state index contributed by atoms with van der Waals surface area (Å²) in [7, 11) is 1.72. The number of fused-ring (bicyclic) bond motifs is 2. The molecule has 176 valence electrons. The first-order valence-electron chi connectivity index (χ1n) is 11.7. The SMILES string of the molecule is CCCCCN1CC=C[C@]23O[C@]4(C)C=CCN(C)C(=O)[C@@H]4[C@H]2C(=O)N([C@H](C)CO)C3C1=O. The van der Waals surface area contributed by atoms with Crippen molar-refractivity contribution in [2.24, 2.45) is 11.8 Å². The maximum atomic E-state index is 13.9. The Labute approximate surface area is 189 Å². The molecule has 1 unspecified atom stereocenters. The summed E-state index contributed by atoms with van der Waals surface area (Å²) >= 11 is 0. The summed E-state index contributed by atoms with van der Waals surface area (Å²) in [5.41, 5.74) is -2.23. The van der Waals surface area contributed by atoms with Gasteiger partial charge in [-0.25, -0.2) is 0 Å². The van der Waals surface area contributed by atoms with E-state index in [1.807, 2.05) is 31.2 Å². The molecule has 3 amide bonds. The van der Waals surface area contributed by atoms with E-state index in [4.69, 9.17) is 4.74 Å². The van der Waals surface area contributed by atoms with Crippen LogP contribution in [0.5, 0.6) is 0 Å². The number of amides is 3. The summed E-state index contributed by atoms with van der Waals surface area (Å²) in [6.07, 6.45) is 10.5. The number of aliphatic hydroxyl groups is 1. The molecule has 0 aromatic carbocycles. The molecule has 32 heavy (non-hydrogen) atoms. The van der Waals surface area contributed by atoms with Crippen molar-refractivity contribution in [3.8, 4) is 0 Å². The lowest BCUT2D eigenvalue weighted by molar-refractivity contribution is -0.155. The van der Waals surface area contributed by atoms with E-state index in [9.17, 15) is 19.5 Å². The zero-order chi connectivity index (χ0) is 23.3. The van der Waals surface area contributed by atoms with E-state index in [-0.39, 0.29) is 24.3 Å². The number of rotatable bonds is 6. The van der Waals surface area contributed by atoms with Crippen LogP contribution in [0.2, 0.25) is 0 Å². The fourth-order valence-electron chi connectivity index (χ4n) is 5.95. The third-order valence-corrected chi connectivity index (χ3v) is 7.55. The average Bonchev–Trinajstić information content (AvgIpc) is 3.05. The van der Waals surface area contributed by atoms with Crippen LogP contribution in [0.3, 0.4) is 0 Å². The minimum absolute atomic E-state index is 0.158. The Morgan fingerprint density at radius 1 is 1.09 bits per heavy atom. The van der Waals surface area contributed by atoms with Crippen LogP contribution in [0.25, 0.3) is 0 Å². The van der Waals surface area contributed by atoms with Gasteiger partial charge in [-0.05, 0) is 20.3 Å². The zero-order valence-electron chi connectivity index (χ0n) is 19.5. The highest BCUT2D eigenvalue weighted by atomic mass is 16.5. The van der Waals surface area contributed by atoms with E-state index in [0.717, 1.165) is 19.3 Å². The Kier molecular flexibility index (Phi) is 5.96. The fourth-order valence-corrected chi connectivity index (χ4v) is 5.95. The third-order valence-electron chi connectivity index (χ3n) is 7.55. The van der Waals surface area contributed by atoms with E-state index in [2.05, 4.69) is 6.92 Å². The van der Waals surface area contributed by atoms with Crippen LogP contribution in [0.15, 0.2) is 24.3 Å². The maximum Gasteiger partial charge on any atom is 0.249 e. The van der Waals surface area contributed by atoms with Crippen molar-refractivity contribution < 1.29 is 24.2 Å². The molecule has 2 fully saturated rings. The van der Waals surface area contributed by atoms with Crippen LogP contribution in [-0.2, 0) is 19.1 Å². The lowest BCUT2D eigenvalue weighted by Crippen LogP contribution is -2.58. The van der Waals surface area contributed by atoms with Crippen molar-refractivity contribution in [2.45, 2.75) is 63.3 Å². The summed E-state index contributed by atoms with van der Waals surface area (Å²) in [6.45, 7) is 6.91. The number of hydrogen-bond acceptors (Lipinski definition) is 5. The van der Waals surface area contributed by atoms with Gasteiger partial charge in [0, 0.05) is 26.7 Å². The number of carbonyl (C=O) groups excluding carboxylic acids is 3. The van der Waals surface area contributed by atoms with E-state index in [1.54, 1.807) is 23.8 Å². The number of aliphatic hydroxyl groups excluding tert-OH is 1. The van der Waals surface area contributed by atoms with Crippen LogP contribution in [-0.4, -0.2) is 94.1 Å². The van der Waals surface area contributed by atoms with Crippen LogP contribution in [0, 0.1) is 11.8 Å². The van der Waals surface area contributed by atoms with Gasteiger partial charge in [0.25, 0.3) is 0 Å². The number of unbranched alkanes of at least 4 members (excludes halogenated alkanes) is 2. The summed E-state index contributed by atoms with van der Waals surface area (Å²) in [6, 6.07) is -1.47. The standard InChI is InChI=1S/C24H35N3O5/c1-5-6-7-13-26-14-9-11-24-18(21(30)27(16(2)15-28)19(24)22(26)31)17-20(29)25(4)12-8-10-23(17,3)32-24/h8-11,16-19,28H,5-7,12-15H2,1-4H3/t16-,17+,18+,19?,23-,24+/m1/s1. The molecule has 0 radical (unpaired) electrons. The van der Waals surface area contributed by atoms with Crippen molar-refractivity contribution in [1.29, 1.82) is 0 Å². The molecule has 0 saturated carbocycles. The minimum atomic E-state index is -1.24. The van der Waals surface area contributed by atoms with Crippen molar-refractivity contribution in [3.63, 3.8) is 0 Å². The molecule has 4 rings (SSSR count). The van der Waals surface area contributed by atoms with Crippen molar-refractivity contribution in [2.75, 3.05) is 33.3 Å². The summed E-state index contributed by atoms with van der Waals surface area (Å²) in [5.74, 6) is -2.18. The highest BCUT2D eigenvalue weighted by Crippen LogP contribution is 2.57. The van der Waals surface area contributed by atoms with Gasteiger partial charge >= 0.3 is 0 Å². The van der Waals surface area contributed by atoms with Gasteiger partial charge in [0.05, 0.1) is 30.1 Å². The number of carbonyl (C=O) groups is 3. The molecule has 1 spiro atoms. The molecule has 1 N–H and O–H groups in total. The Balaban J connectivity index is 1.82. The Morgan fingerprint density at radius 2 is 1.81 bits per heavy atom. The number of likely N-dealkylation sites (tertiary alicyclic amines) is 1. The topological polar surface area (TPSA) is 90.4 Å². The van der Waals surface area contributed by atoms with Gasteiger partial charge in [0.15, 0.2) is 0 Å². The molecule has 0 aliphatic carbocycles. The second-order valence-electron chi connectivity index (χ2n) is 9.79. The monoisotopic (exact) mass is 445 g/mol. The minimum Gasteiger partial charge on any atom is -0.394 e. The lowest BCUT2D eigenvalue weighted by atomic mass is 9.74. The van der Waals surface area contributed by atoms with E-state index < -0.39 is 35.1 Å². The zero-order valence-corrected chi connectivity index (χ0v) is 19.5. The third kappa shape index (κ3) is 3.22. The first-order chi connectivity index (χ1) is 15.2.